The SMILES string of the molecule is CCC(C(=O)OC)C(=O)c1ccc2ncoc2c1. The second-order valence-electron chi connectivity index (χ2n) is 3.88. The first-order valence-electron chi connectivity index (χ1n) is 5.62. The molecule has 5 heteroatoms. The van der Waals surface area contributed by atoms with Gasteiger partial charge in [0.05, 0.1) is 7.11 Å². The molecule has 0 fully saturated rings. The molecular weight excluding hydrogens is 234 g/mol. The van der Waals surface area contributed by atoms with Gasteiger partial charge in [0.25, 0.3) is 0 Å². The fourth-order valence-corrected chi connectivity index (χ4v) is 1.81. The van der Waals surface area contributed by atoms with Gasteiger partial charge < -0.3 is 9.15 Å². The van der Waals surface area contributed by atoms with Crippen LogP contribution in [0.2, 0.25) is 0 Å². The molecule has 0 N–H and O–H groups in total. The highest BCUT2D eigenvalue weighted by atomic mass is 16.5. The van der Waals surface area contributed by atoms with E-state index >= 15 is 0 Å². The summed E-state index contributed by atoms with van der Waals surface area (Å²) in [6.45, 7) is 1.77. The van der Waals surface area contributed by atoms with E-state index in [0.717, 1.165) is 0 Å². The lowest BCUT2D eigenvalue weighted by Crippen LogP contribution is -2.24. The van der Waals surface area contributed by atoms with Crippen molar-refractivity contribution in [1.82, 2.24) is 4.98 Å². The first-order valence-corrected chi connectivity index (χ1v) is 5.62. The molecule has 0 bridgehead atoms. The summed E-state index contributed by atoms with van der Waals surface area (Å²) in [5.74, 6) is -1.54. The van der Waals surface area contributed by atoms with Gasteiger partial charge in [-0.2, -0.15) is 0 Å². The second kappa shape index (κ2) is 5.00. The summed E-state index contributed by atoms with van der Waals surface area (Å²) in [7, 11) is 1.28. The Labute approximate surface area is 104 Å². The zero-order chi connectivity index (χ0) is 13.1. The van der Waals surface area contributed by atoms with Crippen LogP contribution in [0, 0.1) is 5.92 Å². The molecule has 2 aromatic rings. The van der Waals surface area contributed by atoms with Crippen molar-refractivity contribution in [1.29, 1.82) is 0 Å². The highest BCUT2D eigenvalue weighted by Gasteiger charge is 2.26. The fraction of sp³-hybridized carbons (Fsp3) is 0.308. The summed E-state index contributed by atoms with van der Waals surface area (Å²) < 4.78 is 9.75. The van der Waals surface area contributed by atoms with Crippen molar-refractivity contribution < 1.29 is 18.7 Å². The van der Waals surface area contributed by atoms with Crippen molar-refractivity contribution >= 4 is 22.9 Å². The van der Waals surface area contributed by atoms with E-state index in [-0.39, 0.29) is 5.78 Å². The van der Waals surface area contributed by atoms with Crippen LogP contribution in [0.5, 0.6) is 0 Å². The predicted molar refractivity (Wildman–Crippen MR) is 64.1 cm³/mol. The number of hydrogen-bond acceptors (Lipinski definition) is 5. The molecule has 1 atom stereocenters. The number of rotatable bonds is 4. The Hall–Kier alpha value is -2.17. The molecule has 94 valence electrons. The summed E-state index contributed by atoms with van der Waals surface area (Å²) in [5.41, 5.74) is 1.63. The summed E-state index contributed by atoms with van der Waals surface area (Å²) in [5, 5.41) is 0. The highest BCUT2D eigenvalue weighted by molar-refractivity contribution is 6.09. The van der Waals surface area contributed by atoms with Gasteiger partial charge in [-0.3, -0.25) is 9.59 Å². The molecule has 0 amide bonds. The Bertz CT molecular complexity index is 587. The Morgan fingerprint density at radius 1 is 1.44 bits per heavy atom. The molecular formula is C13H13NO4. The molecule has 2 rings (SSSR count). The monoisotopic (exact) mass is 247 g/mol. The van der Waals surface area contributed by atoms with Crippen LogP contribution in [0.4, 0.5) is 0 Å². The molecule has 5 nitrogen and oxygen atoms in total. The van der Waals surface area contributed by atoms with Crippen LogP contribution in [0.3, 0.4) is 0 Å². The van der Waals surface area contributed by atoms with Crippen LogP contribution in [-0.2, 0) is 9.53 Å². The summed E-state index contributed by atoms with van der Waals surface area (Å²) >= 11 is 0. The highest BCUT2D eigenvalue weighted by Crippen LogP contribution is 2.19. The van der Waals surface area contributed by atoms with Crippen LogP contribution < -0.4 is 0 Å². The minimum Gasteiger partial charge on any atom is -0.468 e. The van der Waals surface area contributed by atoms with Gasteiger partial charge in [0.2, 0.25) is 0 Å². The molecule has 0 aliphatic heterocycles. The van der Waals surface area contributed by atoms with E-state index in [2.05, 4.69) is 9.72 Å². The molecule has 0 aliphatic rings. The van der Waals surface area contributed by atoms with Crippen molar-refractivity contribution in [3.05, 3.63) is 30.2 Å². The standard InChI is InChI=1S/C13H13NO4/c1-3-9(13(16)17-2)12(15)8-4-5-10-11(6-8)18-7-14-10/h4-7,9H,3H2,1-2H3. The van der Waals surface area contributed by atoms with Gasteiger partial charge in [-0.1, -0.05) is 6.92 Å². The second-order valence-corrected chi connectivity index (χ2v) is 3.88. The molecule has 1 heterocycles. The van der Waals surface area contributed by atoms with Crippen molar-refractivity contribution in [2.45, 2.75) is 13.3 Å². The first kappa shape index (κ1) is 12.3. The minimum atomic E-state index is -0.768. The number of nitrogens with zero attached hydrogens (tertiary/aromatic N) is 1. The fourth-order valence-electron chi connectivity index (χ4n) is 1.81. The van der Waals surface area contributed by atoms with Crippen LogP contribution >= 0.6 is 0 Å². The van der Waals surface area contributed by atoms with Crippen molar-refractivity contribution in [2.75, 3.05) is 7.11 Å². The smallest absolute Gasteiger partial charge is 0.316 e. The average molecular weight is 247 g/mol. The number of benzene rings is 1. The Kier molecular flexibility index (Phi) is 3.41. The number of carbonyl (C=O) groups excluding carboxylic acids is 2. The first-order chi connectivity index (χ1) is 8.67. The number of aromatic nitrogens is 1. The Balaban J connectivity index is 2.34. The van der Waals surface area contributed by atoms with Crippen LogP contribution in [0.15, 0.2) is 29.0 Å². The van der Waals surface area contributed by atoms with Gasteiger partial charge in [-0.05, 0) is 24.6 Å². The third-order valence-electron chi connectivity index (χ3n) is 2.83. The topological polar surface area (TPSA) is 69.4 Å². The lowest BCUT2D eigenvalue weighted by Gasteiger charge is -2.10. The van der Waals surface area contributed by atoms with Crippen molar-refractivity contribution in [3.8, 4) is 0 Å². The van der Waals surface area contributed by atoms with Gasteiger partial charge in [-0.15, -0.1) is 0 Å². The zero-order valence-corrected chi connectivity index (χ0v) is 10.2. The Morgan fingerprint density at radius 3 is 2.89 bits per heavy atom. The van der Waals surface area contributed by atoms with Gasteiger partial charge in [-0.25, -0.2) is 4.98 Å². The number of fused-ring (bicyclic) bond motifs is 1. The van der Waals surface area contributed by atoms with E-state index < -0.39 is 11.9 Å². The molecule has 0 spiro atoms. The molecule has 0 aliphatic carbocycles. The van der Waals surface area contributed by atoms with Gasteiger partial charge in [0.15, 0.2) is 17.8 Å². The molecule has 18 heavy (non-hydrogen) atoms. The minimum absolute atomic E-state index is 0.261. The van der Waals surface area contributed by atoms with Gasteiger partial charge >= 0.3 is 5.97 Å². The van der Waals surface area contributed by atoms with Crippen molar-refractivity contribution in [3.63, 3.8) is 0 Å². The number of hydrogen-bond donors (Lipinski definition) is 0. The quantitative estimate of drug-likeness (QED) is 0.470. The van der Waals surface area contributed by atoms with Gasteiger partial charge in [0.1, 0.15) is 11.4 Å². The van der Waals surface area contributed by atoms with Crippen LogP contribution in [-0.4, -0.2) is 23.8 Å². The number of esters is 1. The normalized spacial score (nSPS) is 12.3. The molecule has 1 aromatic carbocycles. The average Bonchev–Trinajstić information content (AvgIpc) is 2.86. The maximum absolute atomic E-state index is 12.2. The predicted octanol–water partition coefficient (Wildman–Crippen LogP) is 2.21. The number of ketones is 1. The molecule has 0 saturated heterocycles. The van der Waals surface area contributed by atoms with E-state index in [1.165, 1.54) is 13.5 Å². The summed E-state index contributed by atoms with van der Waals surface area (Å²) in [6, 6.07) is 4.92. The summed E-state index contributed by atoms with van der Waals surface area (Å²) in [6.07, 6.45) is 1.72. The van der Waals surface area contributed by atoms with Crippen molar-refractivity contribution in [2.24, 2.45) is 5.92 Å². The molecule has 1 unspecified atom stereocenters. The lowest BCUT2D eigenvalue weighted by atomic mass is 9.95. The molecule has 1 aromatic heterocycles. The number of ether oxygens (including phenoxy) is 1. The number of methoxy groups -OCH3 is 1. The number of carbonyl (C=O) groups is 2. The number of oxazole rings is 1. The van der Waals surface area contributed by atoms with E-state index in [0.29, 0.717) is 23.1 Å². The van der Waals surface area contributed by atoms with E-state index in [1.54, 1.807) is 25.1 Å². The largest absolute Gasteiger partial charge is 0.468 e. The van der Waals surface area contributed by atoms with E-state index in [1.807, 2.05) is 0 Å². The maximum atomic E-state index is 12.2. The van der Waals surface area contributed by atoms with E-state index in [4.69, 9.17) is 4.42 Å². The van der Waals surface area contributed by atoms with Crippen LogP contribution in [0.25, 0.3) is 11.1 Å². The van der Waals surface area contributed by atoms with Crippen LogP contribution in [0.1, 0.15) is 23.7 Å². The maximum Gasteiger partial charge on any atom is 0.316 e. The lowest BCUT2D eigenvalue weighted by molar-refractivity contribution is -0.143. The van der Waals surface area contributed by atoms with Gasteiger partial charge in [0, 0.05) is 5.56 Å². The zero-order valence-electron chi connectivity index (χ0n) is 10.2. The number of Topliss-reactive ketones (excluding diaryl/α,β-unsaturated/α-hetero) is 1. The third kappa shape index (κ3) is 2.11. The molecule has 0 saturated carbocycles. The van der Waals surface area contributed by atoms with E-state index in [9.17, 15) is 9.59 Å². The summed E-state index contributed by atoms with van der Waals surface area (Å²) in [4.78, 5) is 27.6. The third-order valence-corrected chi connectivity index (χ3v) is 2.83. The molecule has 0 radical (unpaired) electrons. The Morgan fingerprint density at radius 2 is 2.22 bits per heavy atom.